The van der Waals surface area contributed by atoms with Crippen molar-refractivity contribution in [2.75, 3.05) is 0 Å². The highest BCUT2D eigenvalue weighted by Gasteiger charge is 2.31. The van der Waals surface area contributed by atoms with Gasteiger partial charge in [0.05, 0.1) is 0 Å². The fourth-order valence-corrected chi connectivity index (χ4v) is 4.18. The van der Waals surface area contributed by atoms with E-state index in [1.165, 1.54) is 12.1 Å². The molecule has 0 bridgehead atoms. The lowest BCUT2D eigenvalue weighted by Crippen LogP contribution is -2.16. The SMILES string of the molecule is Cc1[nH]c2ccc(OC(F)(F)F)cc2c1[SH]1C=CC=C1. The van der Waals surface area contributed by atoms with Gasteiger partial charge in [-0.3, -0.25) is 0 Å². The third-order valence-corrected chi connectivity index (χ3v) is 5.10. The van der Waals surface area contributed by atoms with Gasteiger partial charge in [-0.15, -0.1) is 13.2 Å². The summed E-state index contributed by atoms with van der Waals surface area (Å²) in [5.41, 5.74) is 1.80. The molecule has 0 radical (unpaired) electrons. The van der Waals surface area contributed by atoms with Crippen LogP contribution in [-0.2, 0) is 0 Å². The van der Waals surface area contributed by atoms with Crippen LogP contribution in [-0.4, -0.2) is 11.3 Å². The van der Waals surface area contributed by atoms with E-state index in [-0.39, 0.29) is 5.75 Å². The van der Waals surface area contributed by atoms with E-state index < -0.39 is 17.3 Å². The van der Waals surface area contributed by atoms with E-state index in [2.05, 4.69) is 20.5 Å². The number of aromatic nitrogens is 1. The molecule has 3 rings (SSSR count). The molecule has 106 valence electrons. The molecule has 1 aliphatic heterocycles. The van der Waals surface area contributed by atoms with Gasteiger partial charge in [0.15, 0.2) is 0 Å². The molecule has 0 amide bonds. The summed E-state index contributed by atoms with van der Waals surface area (Å²) in [7, 11) is -0.598. The van der Waals surface area contributed by atoms with Gasteiger partial charge in [0.25, 0.3) is 0 Å². The Morgan fingerprint density at radius 1 is 1.15 bits per heavy atom. The Balaban J connectivity index is 2.10. The Morgan fingerprint density at radius 3 is 2.50 bits per heavy atom. The van der Waals surface area contributed by atoms with Gasteiger partial charge in [-0.1, -0.05) is 12.2 Å². The second-order valence-electron chi connectivity index (χ2n) is 4.44. The highest BCUT2D eigenvalue weighted by atomic mass is 32.2. The molecule has 1 aliphatic rings. The smallest absolute Gasteiger partial charge is 0.406 e. The zero-order chi connectivity index (χ0) is 14.3. The second-order valence-corrected chi connectivity index (χ2v) is 6.30. The molecule has 6 heteroatoms. The lowest BCUT2D eigenvalue weighted by atomic mass is 10.2. The van der Waals surface area contributed by atoms with Crippen molar-refractivity contribution in [2.45, 2.75) is 18.2 Å². The highest BCUT2D eigenvalue weighted by molar-refractivity contribution is 8.22. The molecule has 0 fully saturated rings. The summed E-state index contributed by atoms with van der Waals surface area (Å²) in [5.74, 6) is -0.188. The lowest BCUT2D eigenvalue weighted by molar-refractivity contribution is -0.274. The maximum absolute atomic E-state index is 12.3. The van der Waals surface area contributed by atoms with Crippen molar-refractivity contribution in [1.82, 2.24) is 4.98 Å². The first-order valence-corrected chi connectivity index (χ1v) is 7.43. The maximum atomic E-state index is 12.3. The van der Waals surface area contributed by atoms with Gasteiger partial charge in [0.2, 0.25) is 0 Å². The number of nitrogens with one attached hydrogen (secondary N) is 1. The van der Waals surface area contributed by atoms with Gasteiger partial charge < -0.3 is 9.72 Å². The fourth-order valence-electron chi connectivity index (χ4n) is 2.30. The maximum Gasteiger partial charge on any atom is 0.573 e. The topological polar surface area (TPSA) is 25.0 Å². The predicted molar refractivity (Wildman–Crippen MR) is 75.3 cm³/mol. The van der Waals surface area contributed by atoms with Gasteiger partial charge >= 0.3 is 6.36 Å². The molecule has 0 saturated carbocycles. The first-order chi connectivity index (χ1) is 9.44. The summed E-state index contributed by atoms with van der Waals surface area (Å²) in [6.07, 6.45) is -0.752. The minimum atomic E-state index is -4.67. The third-order valence-electron chi connectivity index (χ3n) is 3.02. The number of rotatable bonds is 2. The molecule has 1 N–H and O–H groups in total. The van der Waals surface area contributed by atoms with Gasteiger partial charge in [-0.25, -0.2) is 0 Å². The minimum Gasteiger partial charge on any atom is -0.406 e. The quantitative estimate of drug-likeness (QED) is 0.767. The number of hydrogen-bond donors (Lipinski definition) is 2. The highest BCUT2D eigenvalue weighted by Crippen LogP contribution is 2.48. The fraction of sp³-hybridized carbons (Fsp3) is 0.143. The average Bonchev–Trinajstić information content (AvgIpc) is 2.92. The summed E-state index contributed by atoms with van der Waals surface area (Å²) >= 11 is 0. The summed E-state index contributed by atoms with van der Waals surface area (Å²) in [4.78, 5) is 4.25. The van der Waals surface area contributed by atoms with Crippen LogP contribution >= 0.6 is 10.9 Å². The van der Waals surface area contributed by atoms with Gasteiger partial charge in [-0.2, -0.15) is 10.9 Å². The van der Waals surface area contributed by atoms with Gasteiger partial charge in [0, 0.05) is 21.5 Å². The Morgan fingerprint density at radius 2 is 1.85 bits per heavy atom. The van der Waals surface area contributed by atoms with Crippen molar-refractivity contribution in [2.24, 2.45) is 0 Å². The Labute approximate surface area is 116 Å². The van der Waals surface area contributed by atoms with Crippen molar-refractivity contribution in [1.29, 1.82) is 0 Å². The lowest BCUT2D eigenvalue weighted by Gasteiger charge is -2.12. The van der Waals surface area contributed by atoms with Crippen LogP contribution in [0.5, 0.6) is 5.75 Å². The molecule has 0 atom stereocenters. The van der Waals surface area contributed by atoms with E-state index in [1.807, 2.05) is 19.1 Å². The Kier molecular flexibility index (Phi) is 3.05. The van der Waals surface area contributed by atoms with Crippen LogP contribution in [0.25, 0.3) is 10.9 Å². The largest absolute Gasteiger partial charge is 0.573 e. The van der Waals surface area contributed by atoms with Crippen LogP contribution in [0.15, 0.2) is 46.1 Å². The number of allylic oxidation sites excluding steroid dienone is 2. The summed E-state index contributed by atoms with van der Waals surface area (Å²) in [6.45, 7) is 1.93. The number of hydrogen-bond acceptors (Lipinski definition) is 1. The number of fused-ring (bicyclic) bond motifs is 1. The normalized spacial score (nSPS) is 16.3. The van der Waals surface area contributed by atoms with Crippen molar-refractivity contribution in [3.8, 4) is 5.75 Å². The number of ether oxygens (including phenoxy) is 1. The van der Waals surface area contributed by atoms with Crippen LogP contribution in [0.3, 0.4) is 0 Å². The van der Waals surface area contributed by atoms with Crippen molar-refractivity contribution in [3.63, 3.8) is 0 Å². The summed E-state index contributed by atoms with van der Waals surface area (Å²) < 4.78 is 40.9. The zero-order valence-electron chi connectivity index (χ0n) is 10.5. The molecule has 1 aromatic carbocycles. The van der Waals surface area contributed by atoms with Gasteiger partial charge in [-0.05, 0) is 35.9 Å². The van der Waals surface area contributed by atoms with Crippen LogP contribution < -0.4 is 4.74 Å². The first kappa shape index (κ1) is 13.2. The molecule has 2 aromatic rings. The molecule has 0 unspecified atom stereocenters. The molecule has 20 heavy (non-hydrogen) atoms. The molecule has 0 aliphatic carbocycles. The van der Waals surface area contributed by atoms with E-state index in [0.717, 1.165) is 21.5 Å². The standard InChI is InChI=1S/C14H12F3NOS/c1-9-13(20-6-2-3-7-20)11-8-10(19-14(15,16)17)4-5-12(11)18-9/h2-8,18,20H,1H3. The summed E-state index contributed by atoms with van der Waals surface area (Å²) in [5, 5.41) is 4.93. The van der Waals surface area contributed by atoms with Crippen molar-refractivity contribution in [3.05, 3.63) is 46.9 Å². The van der Waals surface area contributed by atoms with Crippen LogP contribution in [0.2, 0.25) is 0 Å². The number of thiol groups is 1. The van der Waals surface area contributed by atoms with E-state index in [1.54, 1.807) is 6.07 Å². The minimum absolute atomic E-state index is 0.188. The number of aromatic amines is 1. The Bertz CT molecular complexity index is 703. The first-order valence-electron chi connectivity index (χ1n) is 5.95. The molecular formula is C14H12F3NOS. The number of aryl methyl sites for hydroxylation is 1. The van der Waals surface area contributed by atoms with Crippen LogP contribution in [0.4, 0.5) is 13.2 Å². The molecule has 0 spiro atoms. The van der Waals surface area contributed by atoms with Crippen LogP contribution in [0.1, 0.15) is 5.69 Å². The number of alkyl halides is 3. The number of H-pyrrole nitrogens is 1. The molecule has 2 nitrogen and oxygen atoms in total. The van der Waals surface area contributed by atoms with E-state index in [4.69, 9.17) is 0 Å². The third kappa shape index (κ3) is 2.43. The van der Waals surface area contributed by atoms with E-state index in [9.17, 15) is 13.2 Å². The number of halogens is 3. The van der Waals surface area contributed by atoms with Crippen molar-refractivity contribution < 1.29 is 17.9 Å². The predicted octanol–water partition coefficient (Wildman–Crippen LogP) is 4.78. The van der Waals surface area contributed by atoms with E-state index in [0.29, 0.717) is 0 Å². The zero-order valence-corrected chi connectivity index (χ0v) is 11.4. The average molecular weight is 299 g/mol. The van der Waals surface area contributed by atoms with Crippen LogP contribution in [0, 0.1) is 6.92 Å². The van der Waals surface area contributed by atoms with E-state index >= 15 is 0 Å². The number of benzene rings is 1. The molecular weight excluding hydrogens is 287 g/mol. The monoisotopic (exact) mass is 299 g/mol. The Hall–Kier alpha value is -1.82. The molecule has 2 heterocycles. The van der Waals surface area contributed by atoms with Gasteiger partial charge in [0.1, 0.15) is 5.75 Å². The summed E-state index contributed by atoms with van der Waals surface area (Å²) in [6, 6.07) is 4.39. The molecule has 1 aromatic heterocycles. The van der Waals surface area contributed by atoms with Crippen molar-refractivity contribution >= 4 is 21.8 Å². The molecule has 0 saturated heterocycles. The second kappa shape index (κ2) is 4.63.